The van der Waals surface area contributed by atoms with E-state index in [4.69, 9.17) is 14.2 Å². The molecule has 6 heteroatoms. The topological polar surface area (TPSA) is 65.1 Å². The fourth-order valence-corrected chi connectivity index (χ4v) is 2.24. The maximum atomic E-state index is 12.1. The Bertz CT molecular complexity index is 638. The Hall–Kier alpha value is -2.76. The number of hydrogen-bond donors (Lipinski definition) is 0. The fourth-order valence-electron chi connectivity index (χ4n) is 2.24. The van der Waals surface area contributed by atoms with Crippen molar-refractivity contribution in [1.82, 2.24) is 4.90 Å². The van der Waals surface area contributed by atoms with Gasteiger partial charge in [-0.05, 0) is 23.8 Å². The number of methoxy groups -OCH3 is 3. The summed E-state index contributed by atoms with van der Waals surface area (Å²) in [5.74, 6) is 0.918. The molecule has 0 fully saturated rings. The van der Waals surface area contributed by atoms with Crippen LogP contribution in [0.5, 0.6) is 17.2 Å². The molecule has 122 valence electrons. The van der Waals surface area contributed by atoms with E-state index in [1.807, 2.05) is 0 Å². The van der Waals surface area contributed by atoms with Gasteiger partial charge in [0.2, 0.25) is 11.7 Å². The van der Waals surface area contributed by atoms with Gasteiger partial charge in [0.25, 0.3) is 5.91 Å². The van der Waals surface area contributed by atoms with Gasteiger partial charge in [-0.1, -0.05) is 12.2 Å². The molecule has 1 aliphatic heterocycles. The maximum Gasteiger partial charge on any atom is 0.253 e. The normalized spacial score (nSPS) is 14.2. The van der Waals surface area contributed by atoms with Crippen LogP contribution in [-0.2, 0) is 9.59 Å². The average molecular weight is 317 g/mol. The van der Waals surface area contributed by atoms with E-state index in [9.17, 15) is 9.59 Å². The molecule has 23 heavy (non-hydrogen) atoms. The molecule has 0 N–H and O–H groups in total. The second-order valence-electron chi connectivity index (χ2n) is 4.81. The van der Waals surface area contributed by atoms with Crippen LogP contribution in [0, 0.1) is 0 Å². The van der Waals surface area contributed by atoms with Crippen molar-refractivity contribution >= 4 is 17.9 Å². The third-order valence-corrected chi connectivity index (χ3v) is 3.42. The average Bonchev–Trinajstić information content (AvgIpc) is 2.58. The molecule has 0 radical (unpaired) electrons. The molecule has 0 spiro atoms. The Morgan fingerprint density at radius 3 is 2.26 bits per heavy atom. The van der Waals surface area contributed by atoms with Crippen LogP contribution in [0.1, 0.15) is 12.0 Å². The smallest absolute Gasteiger partial charge is 0.253 e. The van der Waals surface area contributed by atoms with E-state index in [-0.39, 0.29) is 18.2 Å². The van der Waals surface area contributed by atoms with E-state index in [1.54, 1.807) is 30.4 Å². The highest BCUT2D eigenvalue weighted by Gasteiger charge is 2.19. The van der Waals surface area contributed by atoms with Crippen molar-refractivity contribution in [2.45, 2.75) is 6.42 Å². The van der Waals surface area contributed by atoms with Gasteiger partial charge in [0, 0.05) is 19.0 Å². The summed E-state index contributed by atoms with van der Waals surface area (Å²) in [6.07, 6.45) is 6.78. The van der Waals surface area contributed by atoms with Gasteiger partial charge in [-0.25, -0.2) is 0 Å². The summed E-state index contributed by atoms with van der Waals surface area (Å²) < 4.78 is 15.8. The third kappa shape index (κ3) is 3.71. The number of benzene rings is 1. The molecule has 0 unspecified atom stereocenters. The molecule has 1 aliphatic rings. The zero-order valence-electron chi connectivity index (χ0n) is 13.4. The molecule has 1 aromatic rings. The Kier molecular flexibility index (Phi) is 5.41. The fraction of sp³-hybridized carbons (Fsp3) is 0.294. The highest BCUT2D eigenvalue weighted by Crippen LogP contribution is 2.38. The summed E-state index contributed by atoms with van der Waals surface area (Å²) in [6.45, 7) is 0.303. The van der Waals surface area contributed by atoms with Gasteiger partial charge in [-0.2, -0.15) is 0 Å². The SMILES string of the molecule is COc1cc(/C=C/C(=O)N2CC=CCC2=O)cc(OC)c1OC. The van der Waals surface area contributed by atoms with Crippen LogP contribution < -0.4 is 14.2 Å². The molecule has 0 atom stereocenters. The molecule has 0 saturated heterocycles. The van der Waals surface area contributed by atoms with Gasteiger partial charge in [-0.3, -0.25) is 14.5 Å². The van der Waals surface area contributed by atoms with Crippen LogP contribution in [0.3, 0.4) is 0 Å². The molecule has 6 nitrogen and oxygen atoms in total. The molecule has 0 aliphatic carbocycles. The predicted molar refractivity (Wildman–Crippen MR) is 85.6 cm³/mol. The second kappa shape index (κ2) is 7.49. The second-order valence-corrected chi connectivity index (χ2v) is 4.81. The molecule has 1 aromatic carbocycles. The number of imide groups is 1. The van der Waals surface area contributed by atoms with Gasteiger partial charge in [0.05, 0.1) is 21.3 Å². The van der Waals surface area contributed by atoms with Crippen LogP contribution in [0.4, 0.5) is 0 Å². The first-order valence-electron chi connectivity index (χ1n) is 7.08. The van der Waals surface area contributed by atoms with E-state index < -0.39 is 0 Å². The van der Waals surface area contributed by atoms with E-state index >= 15 is 0 Å². The lowest BCUT2D eigenvalue weighted by molar-refractivity contribution is -0.141. The minimum atomic E-state index is -0.354. The van der Waals surface area contributed by atoms with Gasteiger partial charge in [0.1, 0.15) is 0 Å². The van der Waals surface area contributed by atoms with Crippen LogP contribution in [0.15, 0.2) is 30.4 Å². The summed E-state index contributed by atoms with van der Waals surface area (Å²) in [5, 5.41) is 0. The lowest BCUT2D eigenvalue weighted by Crippen LogP contribution is -2.37. The Morgan fingerprint density at radius 2 is 1.74 bits per heavy atom. The molecule has 0 bridgehead atoms. The van der Waals surface area contributed by atoms with E-state index in [0.29, 0.717) is 29.4 Å². The molecule has 1 heterocycles. The van der Waals surface area contributed by atoms with E-state index in [1.165, 1.54) is 32.3 Å². The quantitative estimate of drug-likeness (QED) is 0.614. The van der Waals surface area contributed by atoms with Gasteiger partial charge >= 0.3 is 0 Å². The van der Waals surface area contributed by atoms with Crippen molar-refractivity contribution in [2.24, 2.45) is 0 Å². The van der Waals surface area contributed by atoms with Crippen molar-refractivity contribution in [2.75, 3.05) is 27.9 Å². The summed E-state index contributed by atoms with van der Waals surface area (Å²) in [4.78, 5) is 25.0. The minimum absolute atomic E-state index is 0.202. The number of ether oxygens (including phenoxy) is 3. The summed E-state index contributed by atoms with van der Waals surface area (Å²) in [7, 11) is 4.57. The summed E-state index contributed by atoms with van der Waals surface area (Å²) in [6, 6.07) is 3.45. The van der Waals surface area contributed by atoms with Crippen molar-refractivity contribution in [1.29, 1.82) is 0 Å². The molecule has 0 aromatic heterocycles. The first-order chi connectivity index (χ1) is 11.1. The number of hydrogen-bond acceptors (Lipinski definition) is 5. The van der Waals surface area contributed by atoms with E-state index in [0.717, 1.165) is 0 Å². The number of rotatable bonds is 5. The number of carbonyl (C=O) groups is 2. The molecule has 2 rings (SSSR count). The highest BCUT2D eigenvalue weighted by molar-refractivity contribution is 6.03. The first kappa shape index (κ1) is 16.6. The summed E-state index contributed by atoms with van der Waals surface area (Å²) >= 11 is 0. The molecule has 2 amide bonds. The zero-order valence-corrected chi connectivity index (χ0v) is 13.4. The Balaban J connectivity index is 2.23. The molecule has 0 saturated carbocycles. The standard InChI is InChI=1S/C17H19NO5/c1-21-13-10-12(11-14(22-2)17(13)23-3)7-8-16(20)18-9-5-4-6-15(18)19/h4-5,7-8,10-11H,6,9H2,1-3H3/b8-7+. The van der Waals surface area contributed by atoms with Crippen LogP contribution in [-0.4, -0.2) is 44.6 Å². The van der Waals surface area contributed by atoms with Gasteiger partial charge < -0.3 is 14.2 Å². The largest absolute Gasteiger partial charge is 0.493 e. The van der Waals surface area contributed by atoms with Gasteiger partial charge in [0.15, 0.2) is 11.5 Å². The van der Waals surface area contributed by atoms with Crippen molar-refractivity contribution in [3.8, 4) is 17.2 Å². The lowest BCUT2D eigenvalue weighted by Gasteiger charge is -2.19. The molecular weight excluding hydrogens is 298 g/mol. The van der Waals surface area contributed by atoms with Gasteiger partial charge in [-0.15, -0.1) is 0 Å². The van der Waals surface area contributed by atoms with Crippen molar-refractivity contribution < 1.29 is 23.8 Å². The number of carbonyl (C=O) groups excluding carboxylic acids is 2. The van der Waals surface area contributed by atoms with Crippen LogP contribution in [0.25, 0.3) is 6.08 Å². The van der Waals surface area contributed by atoms with E-state index in [2.05, 4.69) is 0 Å². The zero-order chi connectivity index (χ0) is 16.8. The van der Waals surface area contributed by atoms with Crippen LogP contribution >= 0.6 is 0 Å². The summed E-state index contributed by atoms with van der Waals surface area (Å²) in [5.41, 5.74) is 0.702. The molecular formula is C17H19NO5. The monoisotopic (exact) mass is 317 g/mol. The third-order valence-electron chi connectivity index (χ3n) is 3.42. The number of amides is 2. The number of nitrogens with zero attached hydrogens (tertiary/aromatic N) is 1. The minimum Gasteiger partial charge on any atom is -0.493 e. The maximum absolute atomic E-state index is 12.1. The van der Waals surface area contributed by atoms with Crippen molar-refractivity contribution in [3.05, 3.63) is 35.9 Å². The predicted octanol–water partition coefficient (Wildman–Crippen LogP) is 2.04. The first-order valence-corrected chi connectivity index (χ1v) is 7.08. The van der Waals surface area contributed by atoms with Crippen LogP contribution in [0.2, 0.25) is 0 Å². The Labute approximate surface area is 134 Å². The highest BCUT2D eigenvalue weighted by atomic mass is 16.5. The van der Waals surface area contributed by atoms with Crippen molar-refractivity contribution in [3.63, 3.8) is 0 Å². The lowest BCUT2D eigenvalue weighted by atomic mass is 10.1. The Morgan fingerprint density at radius 1 is 1.09 bits per heavy atom.